The molecule has 156 valence electrons. The maximum atomic E-state index is 12.4. The molecule has 0 spiro atoms. The van der Waals surface area contributed by atoms with E-state index in [1.54, 1.807) is 0 Å². The third kappa shape index (κ3) is 6.15. The van der Waals surface area contributed by atoms with Crippen molar-refractivity contribution in [1.82, 2.24) is 4.98 Å². The first-order valence-electron chi connectivity index (χ1n) is 9.74. The number of aliphatic carboxylic acids is 1. The van der Waals surface area contributed by atoms with Gasteiger partial charge in [-0.1, -0.05) is 60.8 Å². The van der Waals surface area contributed by atoms with Crippen molar-refractivity contribution in [2.24, 2.45) is 11.8 Å². The van der Waals surface area contributed by atoms with Crippen LogP contribution >= 0.6 is 11.3 Å². The zero-order valence-electron chi connectivity index (χ0n) is 16.8. The molecule has 1 aromatic rings. The molecule has 0 saturated carbocycles. The first kappa shape index (κ1) is 22.6. The Morgan fingerprint density at radius 3 is 2.79 bits per heavy atom. The number of anilines is 1. The number of carboxylic acids is 1. The number of H-pyrrole nitrogens is 1. The maximum Gasteiger partial charge on any atom is 0.311 e. The molecule has 0 fully saturated rings. The highest BCUT2D eigenvalue weighted by Gasteiger charge is 2.29. The Labute approximate surface area is 174 Å². The summed E-state index contributed by atoms with van der Waals surface area (Å²) in [5.74, 6) is -1.28. The van der Waals surface area contributed by atoms with E-state index >= 15 is 0 Å². The standard InChI is InChI=1S/C22H28N2O4S/c1-4-15(3)10-9-13-17(16-11-7-6-8-12-16)24(5-2)21-20(23-22(28)29-21)18(25)14-19(26)27/h4,6-9,11,13,15-17H,1,5,10,12,14H2,2-3H3,(H,23,28)(H,26,27)/b13-9+. The van der Waals surface area contributed by atoms with Gasteiger partial charge in [-0.25, -0.2) is 0 Å². The molecule has 2 rings (SSSR count). The third-order valence-corrected chi connectivity index (χ3v) is 5.80. The summed E-state index contributed by atoms with van der Waals surface area (Å²) >= 11 is 0.948. The summed E-state index contributed by atoms with van der Waals surface area (Å²) < 4.78 is 0. The minimum Gasteiger partial charge on any atom is -0.481 e. The molecular formula is C22H28N2O4S. The van der Waals surface area contributed by atoms with E-state index in [0.717, 1.165) is 24.2 Å². The molecule has 29 heavy (non-hydrogen) atoms. The fourth-order valence-corrected chi connectivity index (χ4v) is 4.25. The van der Waals surface area contributed by atoms with Gasteiger partial charge in [-0.2, -0.15) is 0 Å². The van der Waals surface area contributed by atoms with Gasteiger partial charge in [0.1, 0.15) is 17.1 Å². The minimum atomic E-state index is -1.22. The van der Waals surface area contributed by atoms with Gasteiger partial charge < -0.3 is 15.0 Å². The number of carboxylic acid groups (broad SMARTS) is 1. The van der Waals surface area contributed by atoms with E-state index in [4.69, 9.17) is 5.11 Å². The summed E-state index contributed by atoms with van der Waals surface area (Å²) in [5.41, 5.74) is 0.0810. The topological polar surface area (TPSA) is 90.5 Å². The minimum absolute atomic E-state index is 0.0685. The Kier molecular flexibility index (Phi) is 8.39. The summed E-state index contributed by atoms with van der Waals surface area (Å²) in [7, 11) is 0. The van der Waals surface area contributed by atoms with Gasteiger partial charge in [-0.15, -0.1) is 6.58 Å². The van der Waals surface area contributed by atoms with E-state index < -0.39 is 18.2 Å². The van der Waals surface area contributed by atoms with Gasteiger partial charge in [0, 0.05) is 12.5 Å². The van der Waals surface area contributed by atoms with Gasteiger partial charge in [-0.3, -0.25) is 14.4 Å². The van der Waals surface area contributed by atoms with Crippen molar-refractivity contribution in [2.75, 3.05) is 11.4 Å². The number of hydrogen-bond acceptors (Lipinski definition) is 5. The molecule has 1 aromatic heterocycles. The second kappa shape index (κ2) is 10.8. The molecule has 0 aliphatic heterocycles. The van der Waals surface area contributed by atoms with Crippen LogP contribution in [0.1, 0.15) is 43.6 Å². The van der Waals surface area contributed by atoms with Crippen LogP contribution in [0.4, 0.5) is 5.00 Å². The highest BCUT2D eigenvalue weighted by molar-refractivity contribution is 7.13. The number of carbonyl (C=O) groups is 2. The van der Waals surface area contributed by atoms with Crippen molar-refractivity contribution < 1.29 is 14.7 Å². The summed E-state index contributed by atoms with van der Waals surface area (Å²) in [6.07, 6.45) is 15.4. The summed E-state index contributed by atoms with van der Waals surface area (Å²) in [5, 5.41) is 9.48. The fourth-order valence-electron chi connectivity index (χ4n) is 3.29. The largest absolute Gasteiger partial charge is 0.481 e. The average Bonchev–Trinajstić information content (AvgIpc) is 3.09. The van der Waals surface area contributed by atoms with Crippen molar-refractivity contribution in [3.63, 3.8) is 0 Å². The number of aromatic amines is 1. The number of rotatable bonds is 11. The second-order valence-electron chi connectivity index (χ2n) is 7.05. The van der Waals surface area contributed by atoms with E-state index in [1.807, 2.05) is 30.1 Å². The molecule has 0 saturated heterocycles. The van der Waals surface area contributed by atoms with Crippen LogP contribution in [0.15, 0.2) is 53.9 Å². The maximum absolute atomic E-state index is 12.4. The van der Waals surface area contributed by atoms with Crippen LogP contribution in [0, 0.1) is 11.8 Å². The molecule has 6 nitrogen and oxygen atoms in total. The summed E-state index contributed by atoms with van der Waals surface area (Å²) in [6.45, 7) is 8.44. The number of hydrogen-bond donors (Lipinski definition) is 2. The van der Waals surface area contributed by atoms with E-state index in [-0.39, 0.29) is 22.5 Å². The molecule has 0 amide bonds. The smallest absolute Gasteiger partial charge is 0.311 e. The van der Waals surface area contributed by atoms with Crippen LogP contribution in [-0.4, -0.2) is 34.4 Å². The molecule has 3 atom stereocenters. The van der Waals surface area contributed by atoms with Crippen LogP contribution in [-0.2, 0) is 4.79 Å². The van der Waals surface area contributed by atoms with Crippen molar-refractivity contribution in [2.45, 2.75) is 39.2 Å². The lowest BCUT2D eigenvalue weighted by atomic mass is 9.90. The number of likely N-dealkylation sites (N-methyl/N-ethyl adjacent to an activating group) is 1. The van der Waals surface area contributed by atoms with E-state index in [2.05, 4.69) is 42.8 Å². The number of allylic oxidation sites excluding steroid dienone is 5. The Morgan fingerprint density at radius 1 is 1.45 bits per heavy atom. The van der Waals surface area contributed by atoms with E-state index in [9.17, 15) is 14.4 Å². The number of nitrogens with one attached hydrogen (secondary N) is 1. The zero-order valence-corrected chi connectivity index (χ0v) is 17.7. The molecule has 1 aliphatic rings. The SMILES string of the molecule is C=CC(C)C/C=C/C(C1C=CC=CC1)N(CC)c1sc(=O)[nH]c1C(=O)CC(=O)O. The quantitative estimate of drug-likeness (QED) is 0.321. The Bertz CT molecular complexity index is 878. The number of thiazole rings is 1. The van der Waals surface area contributed by atoms with Crippen LogP contribution in [0.2, 0.25) is 0 Å². The molecule has 0 aromatic carbocycles. The molecule has 1 heterocycles. The average molecular weight is 417 g/mol. The Balaban J connectivity index is 2.42. The molecule has 1 aliphatic carbocycles. The van der Waals surface area contributed by atoms with Crippen molar-refractivity contribution in [3.05, 3.63) is 64.5 Å². The van der Waals surface area contributed by atoms with Crippen LogP contribution in [0.3, 0.4) is 0 Å². The van der Waals surface area contributed by atoms with Gasteiger partial charge in [-0.05, 0) is 25.7 Å². The van der Waals surface area contributed by atoms with Crippen LogP contribution in [0.5, 0.6) is 0 Å². The molecule has 7 heteroatoms. The molecule has 2 N–H and O–H groups in total. The number of Topliss-reactive ketones (excluding diaryl/α,β-unsaturated/α-hetero) is 1. The Hall–Kier alpha value is -2.67. The molecule has 0 bridgehead atoms. The van der Waals surface area contributed by atoms with Gasteiger partial charge in [0.15, 0.2) is 5.78 Å². The number of nitrogens with zero attached hydrogens (tertiary/aromatic N) is 1. The third-order valence-electron chi connectivity index (χ3n) is 4.88. The molecule has 0 radical (unpaired) electrons. The summed E-state index contributed by atoms with van der Waals surface area (Å²) in [4.78, 5) is 39.7. The lowest BCUT2D eigenvalue weighted by Crippen LogP contribution is -2.39. The van der Waals surface area contributed by atoms with Crippen LogP contribution in [0.25, 0.3) is 0 Å². The van der Waals surface area contributed by atoms with Gasteiger partial charge in [0.05, 0.1) is 6.04 Å². The van der Waals surface area contributed by atoms with Gasteiger partial charge >= 0.3 is 10.8 Å². The predicted octanol–water partition coefficient (Wildman–Crippen LogP) is 4.19. The van der Waals surface area contributed by atoms with Crippen molar-refractivity contribution in [1.29, 1.82) is 0 Å². The highest BCUT2D eigenvalue weighted by atomic mass is 32.1. The zero-order chi connectivity index (χ0) is 21.4. The second-order valence-corrected chi connectivity index (χ2v) is 8.02. The predicted molar refractivity (Wildman–Crippen MR) is 118 cm³/mol. The van der Waals surface area contributed by atoms with E-state index in [1.165, 1.54) is 0 Å². The lowest BCUT2D eigenvalue weighted by Gasteiger charge is -2.35. The lowest BCUT2D eigenvalue weighted by molar-refractivity contribution is -0.135. The fraction of sp³-hybridized carbons (Fsp3) is 0.409. The van der Waals surface area contributed by atoms with Crippen molar-refractivity contribution >= 4 is 28.1 Å². The normalized spacial score (nSPS) is 17.9. The van der Waals surface area contributed by atoms with Crippen molar-refractivity contribution in [3.8, 4) is 0 Å². The summed E-state index contributed by atoms with van der Waals surface area (Å²) in [6, 6.07) is -0.0685. The molecule has 3 unspecified atom stereocenters. The Morgan fingerprint density at radius 2 is 2.21 bits per heavy atom. The number of carbonyl (C=O) groups excluding carboxylic acids is 1. The first-order chi connectivity index (χ1) is 13.9. The van der Waals surface area contributed by atoms with Crippen LogP contribution < -0.4 is 9.77 Å². The van der Waals surface area contributed by atoms with Gasteiger partial charge in [0.25, 0.3) is 0 Å². The van der Waals surface area contributed by atoms with Gasteiger partial charge in [0.2, 0.25) is 0 Å². The number of ketones is 1. The monoisotopic (exact) mass is 416 g/mol. The molecular weight excluding hydrogens is 388 g/mol. The number of aromatic nitrogens is 1. The first-order valence-corrected chi connectivity index (χ1v) is 10.6. The van der Waals surface area contributed by atoms with E-state index in [0.29, 0.717) is 17.5 Å². The highest BCUT2D eigenvalue weighted by Crippen LogP contribution is 2.31.